The molecule has 0 saturated carbocycles. The third-order valence-electron chi connectivity index (χ3n) is 1.64. The standard InChI is InChI=1S/C8H18N2O.ClH/c1-4-9-7-8(11)10(5-2)6-3;/h9H,4-7H2,1-3H3;1H. The zero-order valence-electron chi connectivity index (χ0n) is 8.09. The van der Waals surface area contributed by atoms with Gasteiger partial charge in [0.2, 0.25) is 5.91 Å². The maximum Gasteiger partial charge on any atom is 0.236 e. The van der Waals surface area contributed by atoms with E-state index in [0.29, 0.717) is 6.54 Å². The molecule has 0 radical (unpaired) electrons. The highest BCUT2D eigenvalue weighted by molar-refractivity contribution is 5.85. The lowest BCUT2D eigenvalue weighted by molar-refractivity contribution is -0.129. The largest absolute Gasteiger partial charge is 0.342 e. The van der Waals surface area contributed by atoms with Crippen molar-refractivity contribution in [3.05, 3.63) is 0 Å². The number of hydrogen-bond donors (Lipinski definition) is 1. The molecule has 4 heteroatoms. The predicted molar refractivity (Wildman–Crippen MR) is 53.7 cm³/mol. The highest BCUT2D eigenvalue weighted by atomic mass is 35.5. The molecule has 1 N–H and O–H groups in total. The lowest BCUT2D eigenvalue weighted by Crippen LogP contribution is -2.37. The average Bonchev–Trinajstić information content (AvgIpc) is 2.03. The predicted octanol–water partition coefficient (Wildman–Crippen LogP) is 0.886. The lowest BCUT2D eigenvalue weighted by atomic mass is 10.4. The second kappa shape index (κ2) is 8.81. The van der Waals surface area contributed by atoms with Crippen LogP contribution in [0, 0.1) is 0 Å². The number of carbonyl (C=O) groups is 1. The number of rotatable bonds is 5. The molecule has 0 saturated heterocycles. The Labute approximate surface area is 80.9 Å². The van der Waals surface area contributed by atoms with Crippen molar-refractivity contribution in [3.63, 3.8) is 0 Å². The van der Waals surface area contributed by atoms with E-state index in [0.717, 1.165) is 19.6 Å². The van der Waals surface area contributed by atoms with Gasteiger partial charge in [-0.25, -0.2) is 0 Å². The Hall–Kier alpha value is -0.280. The maximum absolute atomic E-state index is 11.2. The van der Waals surface area contributed by atoms with Gasteiger partial charge in [0, 0.05) is 13.1 Å². The summed E-state index contributed by atoms with van der Waals surface area (Å²) in [7, 11) is 0. The number of likely N-dealkylation sites (N-methyl/N-ethyl adjacent to an activating group) is 2. The molecule has 0 aliphatic rings. The van der Waals surface area contributed by atoms with E-state index in [4.69, 9.17) is 0 Å². The van der Waals surface area contributed by atoms with Gasteiger partial charge < -0.3 is 10.2 Å². The SMILES string of the molecule is CCNCC(=O)N(CC)CC.Cl. The molecule has 0 aromatic carbocycles. The number of nitrogens with one attached hydrogen (secondary N) is 1. The van der Waals surface area contributed by atoms with Crippen LogP contribution in [0.4, 0.5) is 0 Å². The van der Waals surface area contributed by atoms with Crippen LogP contribution in [0.5, 0.6) is 0 Å². The summed E-state index contributed by atoms with van der Waals surface area (Å²) in [6, 6.07) is 0. The van der Waals surface area contributed by atoms with Crippen LogP contribution in [0.15, 0.2) is 0 Å². The smallest absolute Gasteiger partial charge is 0.236 e. The summed E-state index contributed by atoms with van der Waals surface area (Å²) in [6.07, 6.45) is 0. The third-order valence-corrected chi connectivity index (χ3v) is 1.64. The van der Waals surface area contributed by atoms with Crippen molar-refractivity contribution in [2.75, 3.05) is 26.2 Å². The molecule has 74 valence electrons. The van der Waals surface area contributed by atoms with Crippen molar-refractivity contribution in [1.29, 1.82) is 0 Å². The van der Waals surface area contributed by atoms with Gasteiger partial charge in [0.25, 0.3) is 0 Å². The van der Waals surface area contributed by atoms with Crippen LogP contribution in [0.2, 0.25) is 0 Å². The van der Waals surface area contributed by atoms with Gasteiger partial charge in [-0.3, -0.25) is 4.79 Å². The molecule has 0 aliphatic carbocycles. The van der Waals surface area contributed by atoms with Gasteiger partial charge in [0.05, 0.1) is 6.54 Å². The quantitative estimate of drug-likeness (QED) is 0.705. The first kappa shape index (κ1) is 14.3. The molecule has 0 unspecified atom stereocenters. The topological polar surface area (TPSA) is 32.3 Å². The molecular weight excluding hydrogens is 176 g/mol. The maximum atomic E-state index is 11.2. The average molecular weight is 195 g/mol. The summed E-state index contributed by atoms with van der Waals surface area (Å²) >= 11 is 0. The van der Waals surface area contributed by atoms with E-state index in [-0.39, 0.29) is 18.3 Å². The molecule has 0 atom stereocenters. The zero-order chi connectivity index (χ0) is 8.69. The van der Waals surface area contributed by atoms with Crippen LogP contribution >= 0.6 is 12.4 Å². The molecule has 0 fully saturated rings. The van der Waals surface area contributed by atoms with Gasteiger partial charge in [-0.2, -0.15) is 0 Å². The Bertz CT molecular complexity index is 116. The van der Waals surface area contributed by atoms with E-state index < -0.39 is 0 Å². The Balaban J connectivity index is 0. The molecule has 0 aliphatic heterocycles. The number of carbonyl (C=O) groups excluding carboxylic acids is 1. The summed E-state index contributed by atoms with van der Waals surface area (Å²) < 4.78 is 0. The fourth-order valence-electron chi connectivity index (χ4n) is 0.920. The van der Waals surface area contributed by atoms with Crippen LogP contribution in [-0.4, -0.2) is 37.0 Å². The summed E-state index contributed by atoms with van der Waals surface area (Å²) in [4.78, 5) is 13.0. The third kappa shape index (κ3) is 5.38. The normalized spacial score (nSPS) is 8.92. The molecule has 0 heterocycles. The van der Waals surface area contributed by atoms with Crippen molar-refractivity contribution >= 4 is 18.3 Å². The van der Waals surface area contributed by atoms with Crippen molar-refractivity contribution in [3.8, 4) is 0 Å². The highest BCUT2D eigenvalue weighted by Crippen LogP contribution is 1.86. The van der Waals surface area contributed by atoms with Crippen molar-refractivity contribution in [2.24, 2.45) is 0 Å². The molecule has 0 bridgehead atoms. The fourth-order valence-corrected chi connectivity index (χ4v) is 0.920. The van der Waals surface area contributed by atoms with Crippen LogP contribution in [0.25, 0.3) is 0 Å². The van der Waals surface area contributed by atoms with Gasteiger partial charge >= 0.3 is 0 Å². The van der Waals surface area contributed by atoms with Crippen LogP contribution in [-0.2, 0) is 4.79 Å². The number of amides is 1. The van der Waals surface area contributed by atoms with E-state index >= 15 is 0 Å². The first-order chi connectivity index (χ1) is 5.26. The first-order valence-electron chi connectivity index (χ1n) is 4.24. The number of nitrogens with zero attached hydrogens (tertiary/aromatic N) is 1. The minimum absolute atomic E-state index is 0. The summed E-state index contributed by atoms with van der Waals surface area (Å²) in [5.41, 5.74) is 0. The van der Waals surface area contributed by atoms with E-state index in [1.165, 1.54) is 0 Å². The van der Waals surface area contributed by atoms with Gasteiger partial charge in [-0.1, -0.05) is 6.92 Å². The minimum Gasteiger partial charge on any atom is -0.342 e. The monoisotopic (exact) mass is 194 g/mol. The molecule has 3 nitrogen and oxygen atoms in total. The first-order valence-corrected chi connectivity index (χ1v) is 4.24. The minimum atomic E-state index is 0. The highest BCUT2D eigenvalue weighted by Gasteiger charge is 2.06. The summed E-state index contributed by atoms with van der Waals surface area (Å²) in [6.45, 7) is 8.92. The second-order valence-corrected chi connectivity index (χ2v) is 2.35. The van der Waals surface area contributed by atoms with Crippen LogP contribution < -0.4 is 5.32 Å². The van der Waals surface area contributed by atoms with Gasteiger partial charge in [-0.05, 0) is 20.4 Å². The molecule has 0 spiro atoms. The zero-order valence-corrected chi connectivity index (χ0v) is 8.91. The Morgan fingerprint density at radius 3 is 2.08 bits per heavy atom. The van der Waals surface area contributed by atoms with E-state index in [1.807, 2.05) is 25.7 Å². The van der Waals surface area contributed by atoms with E-state index in [1.54, 1.807) is 0 Å². The van der Waals surface area contributed by atoms with Crippen LogP contribution in [0.1, 0.15) is 20.8 Å². The number of hydrogen-bond acceptors (Lipinski definition) is 2. The number of halogens is 1. The fraction of sp³-hybridized carbons (Fsp3) is 0.875. The van der Waals surface area contributed by atoms with Crippen molar-refractivity contribution < 1.29 is 4.79 Å². The molecule has 0 aromatic heterocycles. The van der Waals surface area contributed by atoms with Gasteiger partial charge in [0.15, 0.2) is 0 Å². The van der Waals surface area contributed by atoms with E-state index in [9.17, 15) is 4.79 Å². The van der Waals surface area contributed by atoms with E-state index in [2.05, 4.69) is 5.32 Å². The van der Waals surface area contributed by atoms with Gasteiger partial charge in [0.1, 0.15) is 0 Å². The molecular formula is C8H19ClN2O. The van der Waals surface area contributed by atoms with Crippen molar-refractivity contribution in [2.45, 2.75) is 20.8 Å². The molecule has 1 amide bonds. The van der Waals surface area contributed by atoms with Crippen LogP contribution in [0.3, 0.4) is 0 Å². The molecule has 0 aromatic rings. The molecule has 0 rings (SSSR count). The van der Waals surface area contributed by atoms with Crippen molar-refractivity contribution in [1.82, 2.24) is 10.2 Å². The van der Waals surface area contributed by atoms with Gasteiger partial charge in [-0.15, -0.1) is 12.4 Å². The second-order valence-electron chi connectivity index (χ2n) is 2.35. The Morgan fingerprint density at radius 2 is 1.75 bits per heavy atom. The lowest BCUT2D eigenvalue weighted by Gasteiger charge is -2.18. The molecule has 12 heavy (non-hydrogen) atoms. The summed E-state index contributed by atoms with van der Waals surface area (Å²) in [5, 5.41) is 3.01. The Morgan fingerprint density at radius 1 is 1.25 bits per heavy atom. The summed E-state index contributed by atoms with van der Waals surface area (Å²) in [5.74, 6) is 0.192. The Kier molecular flexibility index (Phi) is 10.5.